The Hall–Kier alpha value is -2.99. The summed E-state index contributed by atoms with van der Waals surface area (Å²) in [6, 6.07) is 15.0. The summed E-state index contributed by atoms with van der Waals surface area (Å²) in [5, 5.41) is 11.7. The number of hydrazine groups is 1. The summed E-state index contributed by atoms with van der Waals surface area (Å²) in [5.41, 5.74) is 1.61. The van der Waals surface area contributed by atoms with Gasteiger partial charge in [-0.1, -0.05) is 50.2 Å². The fraction of sp³-hybridized carbons (Fsp3) is 0.250. The van der Waals surface area contributed by atoms with Gasteiger partial charge in [-0.15, -0.1) is 0 Å². The van der Waals surface area contributed by atoms with Crippen LogP contribution in [-0.2, 0) is 0 Å². The van der Waals surface area contributed by atoms with E-state index in [1.807, 2.05) is 30.3 Å². The van der Waals surface area contributed by atoms with Crippen LogP contribution in [0.3, 0.4) is 0 Å². The lowest BCUT2D eigenvalue weighted by Crippen LogP contribution is -2.37. The lowest BCUT2D eigenvalue weighted by atomic mass is 9.96. The Morgan fingerprint density at radius 2 is 1.85 bits per heavy atom. The number of nitrogens with two attached hydrogens (primary N) is 1. The maximum atomic E-state index is 11.5. The molecular weight excluding hydrogens is 328 g/mol. The fourth-order valence-electron chi connectivity index (χ4n) is 3.13. The molecule has 0 fully saturated rings. The standard InChI is InChI=1S/C20H22N4O2/c1-13(2)11-17(14-7-4-3-5-8-14)24(21)19-15-9-6-10-16(20(25)26)18(15)22-12-23-19/h3-10,12-13,17H,11,21H2,1-2H3,(H,25,26)/t17-/m0/s1. The summed E-state index contributed by atoms with van der Waals surface area (Å²) >= 11 is 0. The molecule has 134 valence electrons. The number of hydrogen-bond donors (Lipinski definition) is 2. The zero-order chi connectivity index (χ0) is 18.7. The zero-order valence-electron chi connectivity index (χ0n) is 14.8. The van der Waals surface area contributed by atoms with Gasteiger partial charge in [0.1, 0.15) is 6.33 Å². The number of carboxylic acids is 1. The van der Waals surface area contributed by atoms with E-state index < -0.39 is 5.97 Å². The van der Waals surface area contributed by atoms with Crippen LogP contribution in [0.15, 0.2) is 54.9 Å². The maximum absolute atomic E-state index is 11.5. The molecule has 3 N–H and O–H groups in total. The van der Waals surface area contributed by atoms with Gasteiger partial charge in [0.15, 0.2) is 5.82 Å². The fourth-order valence-corrected chi connectivity index (χ4v) is 3.13. The number of carbonyl (C=O) groups is 1. The summed E-state index contributed by atoms with van der Waals surface area (Å²) in [6.07, 6.45) is 2.20. The highest BCUT2D eigenvalue weighted by molar-refractivity contribution is 6.04. The third kappa shape index (κ3) is 3.50. The average molecular weight is 350 g/mol. The summed E-state index contributed by atoms with van der Waals surface area (Å²) in [5.74, 6) is 6.43. The van der Waals surface area contributed by atoms with Gasteiger partial charge in [-0.05, 0) is 30.0 Å². The highest BCUT2D eigenvalue weighted by Crippen LogP contribution is 2.32. The quantitative estimate of drug-likeness (QED) is 0.519. The molecule has 3 rings (SSSR count). The molecule has 0 amide bonds. The van der Waals surface area contributed by atoms with Gasteiger partial charge in [-0.3, -0.25) is 5.01 Å². The van der Waals surface area contributed by atoms with Gasteiger partial charge in [-0.2, -0.15) is 0 Å². The summed E-state index contributed by atoms with van der Waals surface area (Å²) in [6.45, 7) is 4.29. The number of aromatic nitrogens is 2. The number of benzene rings is 2. The first-order chi connectivity index (χ1) is 12.5. The van der Waals surface area contributed by atoms with E-state index in [9.17, 15) is 9.90 Å². The lowest BCUT2D eigenvalue weighted by Gasteiger charge is -2.30. The molecule has 2 aromatic carbocycles. The van der Waals surface area contributed by atoms with Gasteiger partial charge >= 0.3 is 5.97 Å². The lowest BCUT2D eigenvalue weighted by molar-refractivity contribution is 0.0699. The molecule has 1 atom stereocenters. The van der Waals surface area contributed by atoms with Crippen molar-refractivity contribution >= 4 is 22.7 Å². The number of para-hydroxylation sites is 1. The molecule has 3 aromatic rings. The van der Waals surface area contributed by atoms with Crippen molar-refractivity contribution < 1.29 is 9.90 Å². The smallest absolute Gasteiger partial charge is 0.337 e. The zero-order valence-corrected chi connectivity index (χ0v) is 14.8. The van der Waals surface area contributed by atoms with E-state index >= 15 is 0 Å². The molecular formula is C20H22N4O2. The van der Waals surface area contributed by atoms with Crippen LogP contribution >= 0.6 is 0 Å². The van der Waals surface area contributed by atoms with Crippen LogP contribution in [-0.4, -0.2) is 21.0 Å². The highest BCUT2D eigenvalue weighted by Gasteiger charge is 2.23. The van der Waals surface area contributed by atoms with E-state index in [4.69, 9.17) is 5.84 Å². The molecule has 6 nitrogen and oxygen atoms in total. The van der Waals surface area contributed by atoms with Crippen molar-refractivity contribution in [3.8, 4) is 0 Å². The van der Waals surface area contributed by atoms with Crippen LogP contribution < -0.4 is 10.9 Å². The van der Waals surface area contributed by atoms with Crippen molar-refractivity contribution in [1.29, 1.82) is 0 Å². The third-order valence-electron chi connectivity index (χ3n) is 4.33. The molecule has 0 aliphatic carbocycles. The van der Waals surface area contributed by atoms with Crippen LogP contribution in [0.1, 0.15) is 42.2 Å². The van der Waals surface area contributed by atoms with Gasteiger partial charge in [0.2, 0.25) is 0 Å². The van der Waals surface area contributed by atoms with E-state index in [1.54, 1.807) is 17.1 Å². The van der Waals surface area contributed by atoms with Crippen molar-refractivity contribution in [2.45, 2.75) is 26.3 Å². The van der Waals surface area contributed by atoms with E-state index in [1.165, 1.54) is 12.4 Å². The maximum Gasteiger partial charge on any atom is 0.337 e. The minimum absolute atomic E-state index is 0.0808. The molecule has 0 spiro atoms. The van der Waals surface area contributed by atoms with Crippen molar-refractivity contribution in [2.24, 2.45) is 11.8 Å². The van der Waals surface area contributed by atoms with E-state index in [2.05, 4.69) is 23.8 Å². The van der Waals surface area contributed by atoms with Crippen LogP contribution in [0.2, 0.25) is 0 Å². The summed E-state index contributed by atoms with van der Waals surface area (Å²) < 4.78 is 0. The van der Waals surface area contributed by atoms with Crippen molar-refractivity contribution in [3.05, 3.63) is 66.0 Å². The molecule has 0 radical (unpaired) electrons. The molecule has 0 saturated carbocycles. The van der Waals surface area contributed by atoms with Crippen LogP contribution in [0, 0.1) is 5.92 Å². The Balaban J connectivity index is 2.11. The molecule has 1 aromatic heterocycles. The minimum atomic E-state index is -1.02. The third-order valence-corrected chi connectivity index (χ3v) is 4.33. The summed E-state index contributed by atoms with van der Waals surface area (Å²) in [4.78, 5) is 20.0. The van der Waals surface area contributed by atoms with Crippen molar-refractivity contribution in [1.82, 2.24) is 9.97 Å². The Labute approximate surface area is 152 Å². The van der Waals surface area contributed by atoms with E-state index in [-0.39, 0.29) is 11.6 Å². The normalized spacial score (nSPS) is 12.3. The monoisotopic (exact) mass is 350 g/mol. The van der Waals surface area contributed by atoms with Gasteiger partial charge in [0.05, 0.1) is 17.1 Å². The van der Waals surface area contributed by atoms with Gasteiger partial charge in [0.25, 0.3) is 0 Å². The molecule has 26 heavy (non-hydrogen) atoms. The predicted molar refractivity (Wildman–Crippen MR) is 102 cm³/mol. The Morgan fingerprint density at radius 3 is 2.50 bits per heavy atom. The van der Waals surface area contributed by atoms with Crippen LogP contribution in [0.25, 0.3) is 10.9 Å². The average Bonchev–Trinajstić information content (AvgIpc) is 2.65. The van der Waals surface area contributed by atoms with Crippen LogP contribution in [0.5, 0.6) is 0 Å². The number of rotatable bonds is 6. The molecule has 0 unspecified atom stereocenters. The van der Waals surface area contributed by atoms with E-state index in [0.717, 1.165) is 12.0 Å². The highest BCUT2D eigenvalue weighted by atomic mass is 16.4. The second-order valence-electron chi connectivity index (χ2n) is 6.67. The van der Waals surface area contributed by atoms with E-state index in [0.29, 0.717) is 22.6 Å². The minimum Gasteiger partial charge on any atom is -0.478 e. The molecule has 0 saturated heterocycles. The SMILES string of the molecule is CC(C)C[C@@H](c1ccccc1)N(N)c1ncnc2c(C(=O)O)cccc12. The number of fused-ring (bicyclic) bond motifs is 1. The first kappa shape index (κ1) is 17.8. The number of anilines is 1. The first-order valence-electron chi connectivity index (χ1n) is 8.55. The Morgan fingerprint density at radius 1 is 1.12 bits per heavy atom. The largest absolute Gasteiger partial charge is 0.478 e. The summed E-state index contributed by atoms with van der Waals surface area (Å²) in [7, 11) is 0. The van der Waals surface area contributed by atoms with Crippen LogP contribution in [0.4, 0.5) is 5.82 Å². The second kappa shape index (κ2) is 7.49. The van der Waals surface area contributed by atoms with Gasteiger partial charge in [0, 0.05) is 5.39 Å². The number of aromatic carboxylic acids is 1. The first-order valence-corrected chi connectivity index (χ1v) is 8.55. The predicted octanol–water partition coefficient (Wildman–Crippen LogP) is 3.80. The topological polar surface area (TPSA) is 92.3 Å². The number of nitrogens with zero attached hydrogens (tertiary/aromatic N) is 3. The molecule has 0 bridgehead atoms. The van der Waals surface area contributed by atoms with Crippen molar-refractivity contribution in [3.63, 3.8) is 0 Å². The molecule has 0 aliphatic rings. The van der Waals surface area contributed by atoms with Crippen molar-refractivity contribution in [2.75, 3.05) is 5.01 Å². The molecule has 6 heteroatoms. The second-order valence-corrected chi connectivity index (χ2v) is 6.67. The number of carboxylic acid groups (broad SMARTS) is 1. The number of hydrogen-bond acceptors (Lipinski definition) is 5. The molecule has 0 aliphatic heterocycles. The van der Waals surface area contributed by atoms with Gasteiger partial charge < -0.3 is 5.11 Å². The Bertz CT molecular complexity index is 912. The van der Waals surface area contributed by atoms with Gasteiger partial charge in [-0.25, -0.2) is 20.6 Å². The molecule has 1 heterocycles. The Kier molecular flexibility index (Phi) is 5.14.